The first-order chi connectivity index (χ1) is 9.34. The minimum atomic E-state index is 0.771. The molecule has 3 rings (SSSR count). The van der Waals surface area contributed by atoms with E-state index in [-0.39, 0.29) is 0 Å². The van der Waals surface area contributed by atoms with Gasteiger partial charge in [0.2, 0.25) is 0 Å². The molecule has 3 heteroatoms. The monoisotopic (exact) mass is 259 g/mol. The number of nitrogens with one attached hydrogen (secondary N) is 1. The Morgan fingerprint density at radius 3 is 2.58 bits per heavy atom. The Bertz CT molecular complexity index is 404. The highest BCUT2D eigenvalue weighted by Gasteiger charge is 2.25. The van der Waals surface area contributed by atoms with Crippen LogP contribution in [0.4, 0.5) is 5.69 Å². The first-order valence-corrected chi connectivity index (χ1v) is 7.60. The molecule has 2 aliphatic rings. The number of nitrogens with zero attached hydrogens (tertiary/aromatic N) is 2. The summed E-state index contributed by atoms with van der Waals surface area (Å²) in [5.74, 6) is 0. The Morgan fingerprint density at radius 1 is 1.11 bits per heavy atom. The summed E-state index contributed by atoms with van der Waals surface area (Å²) in [6, 6.07) is 9.52. The summed E-state index contributed by atoms with van der Waals surface area (Å²) in [4.78, 5) is 5.23. The van der Waals surface area contributed by atoms with Crippen LogP contribution in [0, 0.1) is 6.92 Å². The van der Waals surface area contributed by atoms with Crippen LogP contribution in [0.15, 0.2) is 24.3 Å². The molecule has 0 unspecified atom stereocenters. The van der Waals surface area contributed by atoms with Crippen molar-refractivity contribution in [1.29, 1.82) is 0 Å². The fourth-order valence-corrected chi connectivity index (χ4v) is 3.39. The Hall–Kier alpha value is -1.06. The molecule has 1 N–H and O–H groups in total. The van der Waals surface area contributed by atoms with E-state index in [1.54, 1.807) is 0 Å². The average Bonchev–Trinajstić information content (AvgIpc) is 2.49. The predicted octanol–water partition coefficient (Wildman–Crippen LogP) is 1.87. The molecule has 3 nitrogen and oxygen atoms in total. The number of para-hydroxylation sites is 1. The molecule has 0 bridgehead atoms. The normalized spacial score (nSPS) is 25.5. The number of benzene rings is 1. The highest BCUT2D eigenvalue weighted by Crippen LogP contribution is 2.22. The van der Waals surface area contributed by atoms with E-state index >= 15 is 0 Å². The summed E-state index contributed by atoms with van der Waals surface area (Å²) in [6.45, 7) is 9.36. The molecule has 2 saturated heterocycles. The van der Waals surface area contributed by atoms with Crippen molar-refractivity contribution >= 4 is 5.69 Å². The summed E-state index contributed by atoms with van der Waals surface area (Å²) in [6.07, 6.45) is 2.71. The molecular weight excluding hydrogens is 234 g/mol. The lowest BCUT2D eigenvalue weighted by atomic mass is 10.0. The van der Waals surface area contributed by atoms with Crippen LogP contribution in [0.25, 0.3) is 0 Å². The smallest absolute Gasteiger partial charge is 0.0396 e. The number of piperidine rings is 1. The molecule has 2 heterocycles. The number of hydrogen-bond acceptors (Lipinski definition) is 3. The predicted molar refractivity (Wildman–Crippen MR) is 80.9 cm³/mol. The molecule has 1 aromatic carbocycles. The Balaban J connectivity index is 1.58. The van der Waals surface area contributed by atoms with Crippen LogP contribution in [0.1, 0.15) is 18.4 Å². The fourth-order valence-electron chi connectivity index (χ4n) is 3.39. The zero-order valence-corrected chi connectivity index (χ0v) is 11.9. The van der Waals surface area contributed by atoms with Crippen LogP contribution in [-0.4, -0.2) is 50.2 Å². The van der Waals surface area contributed by atoms with Crippen LogP contribution in [0.2, 0.25) is 0 Å². The number of hydrogen-bond donors (Lipinski definition) is 1. The van der Waals surface area contributed by atoms with Gasteiger partial charge in [-0.05, 0) is 37.9 Å². The van der Waals surface area contributed by atoms with Crippen LogP contribution < -0.4 is 10.2 Å². The average molecular weight is 259 g/mol. The Labute approximate surface area is 116 Å². The molecule has 0 radical (unpaired) electrons. The summed E-state index contributed by atoms with van der Waals surface area (Å²) >= 11 is 0. The summed E-state index contributed by atoms with van der Waals surface area (Å²) in [5.41, 5.74) is 2.82. The first-order valence-electron chi connectivity index (χ1n) is 7.60. The highest BCUT2D eigenvalue weighted by molar-refractivity contribution is 5.53. The van der Waals surface area contributed by atoms with Gasteiger partial charge in [0.15, 0.2) is 0 Å². The Morgan fingerprint density at radius 2 is 1.89 bits per heavy atom. The topological polar surface area (TPSA) is 18.5 Å². The van der Waals surface area contributed by atoms with Gasteiger partial charge in [0.25, 0.3) is 0 Å². The third-order valence-electron chi connectivity index (χ3n) is 4.56. The maximum Gasteiger partial charge on any atom is 0.0396 e. The van der Waals surface area contributed by atoms with Gasteiger partial charge in [-0.1, -0.05) is 18.2 Å². The number of aryl methyl sites for hydroxylation is 1. The molecule has 0 saturated carbocycles. The van der Waals surface area contributed by atoms with E-state index in [0.29, 0.717) is 0 Å². The van der Waals surface area contributed by atoms with Crippen molar-refractivity contribution < 1.29 is 0 Å². The van der Waals surface area contributed by atoms with Gasteiger partial charge in [0.05, 0.1) is 0 Å². The molecule has 1 atom stereocenters. The van der Waals surface area contributed by atoms with E-state index in [9.17, 15) is 0 Å². The standard InChI is InChI=1S/C16H25N3/c1-14-5-2-3-7-16(14)19-11-9-18(10-12-19)15-6-4-8-17-13-15/h2-3,5,7,15,17H,4,6,8-13H2,1H3/t15-/m1/s1. The van der Waals surface area contributed by atoms with E-state index in [0.717, 1.165) is 6.04 Å². The van der Waals surface area contributed by atoms with Gasteiger partial charge < -0.3 is 10.2 Å². The van der Waals surface area contributed by atoms with Crippen LogP contribution in [-0.2, 0) is 0 Å². The second-order valence-corrected chi connectivity index (χ2v) is 5.81. The minimum absolute atomic E-state index is 0.771. The molecule has 2 aliphatic heterocycles. The molecular formula is C16H25N3. The quantitative estimate of drug-likeness (QED) is 0.875. The molecule has 2 fully saturated rings. The largest absolute Gasteiger partial charge is 0.369 e. The lowest BCUT2D eigenvalue weighted by Crippen LogP contribution is -2.54. The number of anilines is 1. The van der Waals surface area contributed by atoms with Crippen molar-refractivity contribution in [1.82, 2.24) is 10.2 Å². The van der Waals surface area contributed by atoms with Gasteiger partial charge in [-0.15, -0.1) is 0 Å². The van der Waals surface area contributed by atoms with Crippen LogP contribution in [0.3, 0.4) is 0 Å². The van der Waals surface area contributed by atoms with Crippen molar-refractivity contribution in [3.05, 3.63) is 29.8 Å². The summed E-state index contributed by atoms with van der Waals surface area (Å²) < 4.78 is 0. The first kappa shape index (κ1) is 12.9. The van der Waals surface area contributed by atoms with Crippen molar-refractivity contribution in [3.63, 3.8) is 0 Å². The van der Waals surface area contributed by atoms with Crippen molar-refractivity contribution in [2.45, 2.75) is 25.8 Å². The van der Waals surface area contributed by atoms with Gasteiger partial charge in [-0.2, -0.15) is 0 Å². The van der Waals surface area contributed by atoms with Crippen molar-refractivity contribution in [2.75, 3.05) is 44.2 Å². The SMILES string of the molecule is Cc1ccccc1N1CCN([C@@H]2CCCNC2)CC1. The number of rotatable bonds is 2. The van der Waals surface area contributed by atoms with Crippen molar-refractivity contribution in [2.24, 2.45) is 0 Å². The minimum Gasteiger partial charge on any atom is -0.369 e. The maximum atomic E-state index is 3.53. The second-order valence-electron chi connectivity index (χ2n) is 5.81. The summed E-state index contributed by atoms with van der Waals surface area (Å²) in [7, 11) is 0. The van der Waals surface area contributed by atoms with Crippen LogP contribution >= 0.6 is 0 Å². The van der Waals surface area contributed by atoms with E-state index in [1.807, 2.05) is 0 Å². The zero-order valence-electron chi connectivity index (χ0n) is 11.9. The molecule has 19 heavy (non-hydrogen) atoms. The maximum absolute atomic E-state index is 3.53. The van der Waals surface area contributed by atoms with Crippen LogP contribution in [0.5, 0.6) is 0 Å². The van der Waals surface area contributed by atoms with Gasteiger partial charge >= 0.3 is 0 Å². The Kier molecular flexibility index (Phi) is 4.04. The fraction of sp³-hybridized carbons (Fsp3) is 0.625. The van der Waals surface area contributed by atoms with E-state index in [1.165, 1.54) is 63.4 Å². The second kappa shape index (κ2) is 5.93. The van der Waals surface area contributed by atoms with Gasteiger partial charge in [0, 0.05) is 44.5 Å². The third-order valence-corrected chi connectivity index (χ3v) is 4.56. The van der Waals surface area contributed by atoms with Gasteiger partial charge in [-0.25, -0.2) is 0 Å². The molecule has 0 aliphatic carbocycles. The van der Waals surface area contributed by atoms with E-state index in [2.05, 4.69) is 46.3 Å². The molecule has 0 amide bonds. The lowest BCUT2D eigenvalue weighted by Gasteiger charge is -2.42. The highest BCUT2D eigenvalue weighted by atomic mass is 15.3. The van der Waals surface area contributed by atoms with E-state index < -0.39 is 0 Å². The van der Waals surface area contributed by atoms with Crippen molar-refractivity contribution in [3.8, 4) is 0 Å². The molecule has 1 aromatic rings. The number of piperazine rings is 1. The third kappa shape index (κ3) is 2.93. The zero-order chi connectivity index (χ0) is 13.1. The molecule has 0 aromatic heterocycles. The van der Waals surface area contributed by atoms with E-state index in [4.69, 9.17) is 0 Å². The lowest BCUT2D eigenvalue weighted by molar-refractivity contribution is 0.157. The molecule has 0 spiro atoms. The van der Waals surface area contributed by atoms with Gasteiger partial charge in [-0.3, -0.25) is 4.90 Å². The van der Waals surface area contributed by atoms with Gasteiger partial charge in [0.1, 0.15) is 0 Å². The molecule has 104 valence electrons. The summed E-state index contributed by atoms with van der Waals surface area (Å²) in [5, 5.41) is 3.53.